The largest absolute Gasteiger partial charge is 0.508 e. The van der Waals surface area contributed by atoms with Gasteiger partial charge in [-0.15, -0.1) is 0 Å². The molecule has 0 aliphatic carbocycles. The number of hydrogen-bond donors (Lipinski definition) is 3. The molecule has 0 saturated carbocycles. The molecule has 1 amide bonds. The van der Waals surface area contributed by atoms with Crippen molar-refractivity contribution in [1.29, 1.82) is 0 Å². The van der Waals surface area contributed by atoms with Crippen molar-refractivity contribution in [3.63, 3.8) is 0 Å². The number of hydroxylamine groups is 1. The van der Waals surface area contributed by atoms with E-state index in [0.717, 1.165) is 44.3 Å². The molecule has 32 heavy (non-hydrogen) atoms. The van der Waals surface area contributed by atoms with E-state index in [9.17, 15) is 9.90 Å². The molecule has 2 aliphatic heterocycles. The van der Waals surface area contributed by atoms with Crippen LogP contribution in [-0.4, -0.2) is 57.9 Å². The zero-order chi connectivity index (χ0) is 22.3. The van der Waals surface area contributed by atoms with E-state index in [0.29, 0.717) is 30.4 Å². The summed E-state index contributed by atoms with van der Waals surface area (Å²) in [5.41, 5.74) is 3.87. The maximum Gasteiger partial charge on any atom is 0.276 e. The van der Waals surface area contributed by atoms with E-state index < -0.39 is 12.2 Å². The molecule has 170 valence electrons. The fraction of sp³-hybridized carbons (Fsp3) is 0.435. The Morgan fingerprint density at radius 2 is 2.12 bits per heavy atom. The summed E-state index contributed by atoms with van der Waals surface area (Å²) in [7, 11) is 0. The Bertz CT molecular complexity index is 930. The molecular weight excluding hydrogens is 410 g/mol. The third kappa shape index (κ3) is 5.82. The fourth-order valence-corrected chi connectivity index (χ4v) is 3.85. The molecule has 2 saturated heterocycles. The van der Waals surface area contributed by atoms with E-state index in [1.54, 1.807) is 12.3 Å². The summed E-state index contributed by atoms with van der Waals surface area (Å²) in [4.78, 5) is 28.5. The molecule has 9 nitrogen and oxygen atoms in total. The van der Waals surface area contributed by atoms with Crippen molar-refractivity contribution in [1.82, 2.24) is 20.3 Å². The van der Waals surface area contributed by atoms with Gasteiger partial charge in [-0.25, -0.2) is 15.3 Å². The van der Waals surface area contributed by atoms with Crippen LogP contribution in [0.4, 0.5) is 5.82 Å². The second kappa shape index (κ2) is 10.5. The number of anilines is 1. The van der Waals surface area contributed by atoms with Gasteiger partial charge in [-0.1, -0.05) is 24.8 Å². The van der Waals surface area contributed by atoms with Crippen LogP contribution in [0.15, 0.2) is 43.2 Å². The van der Waals surface area contributed by atoms with Crippen LogP contribution in [0.25, 0.3) is 5.57 Å². The second-order valence-corrected chi connectivity index (χ2v) is 8.10. The van der Waals surface area contributed by atoms with Crippen molar-refractivity contribution in [2.24, 2.45) is 0 Å². The minimum absolute atomic E-state index is 0.176. The Labute approximate surface area is 187 Å². The van der Waals surface area contributed by atoms with Crippen molar-refractivity contribution in [2.75, 3.05) is 25.0 Å². The van der Waals surface area contributed by atoms with Crippen LogP contribution in [-0.2, 0) is 20.9 Å². The van der Waals surface area contributed by atoms with E-state index >= 15 is 0 Å². The average Bonchev–Trinajstić information content (AvgIpc) is 3.26. The third-order valence-electron chi connectivity index (χ3n) is 5.67. The topological polar surface area (TPSA) is 109 Å². The monoisotopic (exact) mass is 439 g/mol. The summed E-state index contributed by atoms with van der Waals surface area (Å²) >= 11 is 0. The molecule has 3 heterocycles. The van der Waals surface area contributed by atoms with Crippen molar-refractivity contribution in [3.8, 4) is 5.75 Å². The molecule has 1 aromatic heterocycles. The van der Waals surface area contributed by atoms with E-state index in [1.807, 2.05) is 18.2 Å². The first-order valence-electron chi connectivity index (χ1n) is 10.9. The number of hydrogen-bond acceptors (Lipinski definition) is 8. The quantitative estimate of drug-likeness (QED) is 0.425. The molecule has 0 spiro atoms. The van der Waals surface area contributed by atoms with Crippen molar-refractivity contribution in [3.05, 3.63) is 54.5 Å². The number of phenolic OH excluding ortho intramolecular Hbond substituents is 1. The van der Waals surface area contributed by atoms with Crippen LogP contribution in [0.5, 0.6) is 5.75 Å². The summed E-state index contributed by atoms with van der Waals surface area (Å²) in [6, 6.07) is 7.64. The maximum atomic E-state index is 12.3. The van der Waals surface area contributed by atoms with Gasteiger partial charge >= 0.3 is 0 Å². The predicted molar refractivity (Wildman–Crippen MR) is 119 cm³/mol. The van der Waals surface area contributed by atoms with Gasteiger partial charge in [-0.2, -0.15) is 0 Å². The van der Waals surface area contributed by atoms with Gasteiger partial charge in [0.25, 0.3) is 5.91 Å². The highest BCUT2D eigenvalue weighted by atomic mass is 16.8. The zero-order valence-corrected chi connectivity index (χ0v) is 18.0. The molecule has 2 atom stereocenters. The molecule has 0 radical (unpaired) electrons. The molecule has 1 aromatic carbocycles. The number of aromatic nitrogens is 2. The Morgan fingerprint density at radius 3 is 2.88 bits per heavy atom. The number of amides is 1. The summed E-state index contributed by atoms with van der Waals surface area (Å²) in [6.45, 7) is 6.91. The first-order valence-corrected chi connectivity index (χ1v) is 10.9. The number of ether oxygens (including phenoxy) is 1. The molecule has 1 unspecified atom stereocenters. The number of carbonyl (C=O) groups excluding carboxylic acids is 1. The molecule has 9 heteroatoms. The average molecular weight is 440 g/mol. The van der Waals surface area contributed by atoms with Gasteiger partial charge < -0.3 is 15.2 Å². The zero-order valence-electron chi connectivity index (χ0n) is 18.0. The Morgan fingerprint density at radius 1 is 1.25 bits per heavy atom. The highest BCUT2D eigenvalue weighted by molar-refractivity contribution is 6.17. The highest BCUT2D eigenvalue weighted by Crippen LogP contribution is 2.22. The molecule has 3 N–H and O–H groups in total. The van der Waals surface area contributed by atoms with Crippen LogP contribution < -0.4 is 10.8 Å². The molecule has 0 bridgehead atoms. The van der Waals surface area contributed by atoms with Crippen molar-refractivity contribution >= 4 is 17.3 Å². The van der Waals surface area contributed by atoms with Crippen LogP contribution in [0.1, 0.15) is 36.9 Å². The van der Waals surface area contributed by atoms with Gasteiger partial charge in [0.1, 0.15) is 11.6 Å². The van der Waals surface area contributed by atoms with E-state index in [2.05, 4.69) is 32.2 Å². The standard InChI is InChI=1S/C23H29N5O4/c1-16(23(30)27-32-22-8-4-5-11-31-22)19-12-25-21(13-24-19)26-18-9-10-28(15-18)14-17-6-2-3-7-20(17)29/h2-3,6-7,12-13,18,22,29H,1,4-5,8-11,14-15H2,(H,25,26)(H,27,30)/t18-,22?/m1/s1. The van der Waals surface area contributed by atoms with Gasteiger partial charge in [0.05, 0.1) is 23.7 Å². The summed E-state index contributed by atoms with van der Waals surface area (Å²) in [5, 5.41) is 13.4. The predicted octanol–water partition coefficient (Wildman–Crippen LogP) is 2.46. The highest BCUT2D eigenvalue weighted by Gasteiger charge is 2.23. The minimum Gasteiger partial charge on any atom is -0.508 e. The van der Waals surface area contributed by atoms with Crippen LogP contribution in [0, 0.1) is 0 Å². The van der Waals surface area contributed by atoms with E-state index in [1.165, 1.54) is 6.20 Å². The molecule has 2 aromatic rings. The Balaban J connectivity index is 1.24. The van der Waals surface area contributed by atoms with Gasteiger partial charge in [-0.05, 0) is 25.3 Å². The van der Waals surface area contributed by atoms with Crippen molar-refractivity contribution < 1.29 is 19.5 Å². The smallest absolute Gasteiger partial charge is 0.276 e. The lowest BCUT2D eigenvalue weighted by molar-refractivity contribution is -0.198. The summed E-state index contributed by atoms with van der Waals surface area (Å²) in [6.07, 6.45) is 6.43. The number of carbonyl (C=O) groups is 1. The van der Waals surface area contributed by atoms with E-state index in [-0.39, 0.29) is 11.6 Å². The second-order valence-electron chi connectivity index (χ2n) is 8.10. The number of benzene rings is 1. The SMILES string of the molecule is C=C(C(=O)NOC1CCCCO1)c1cnc(N[C@@H]2CCN(Cc3ccccc3O)C2)cn1. The maximum absolute atomic E-state index is 12.3. The van der Waals surface area contributed by atoms with E-state index in [4.69, 9.17) is 9.57 Å². The molecule has 2 aliphatic rings. The summed E-state index contributed by atoms with van der Waals surface area (Å²) in [5.74, 6) is 0.499. The lowest BCUT2D eigenvalue weighted by Gasteiger charge is -2.22. The summed E-state index contributed by atoms with van der Waals surface area (Å²) < 4.78 is 5.42. The number of rotatable bonds is 8. The molecule has 2 fully saturated rings. The van der Waals surface area contributed by atoms with Crippen molar-refractivity contribution in [2.45, 2.75) is 44.6 Å². The first-order chi connectivity index (χ1) is 15.6. The number of aromatic hydroxyl groups is 1. The van der Waals surface area contributed by atoms with Crippen LogP contribution in [0.3, 0.4) is 0 Å². The number of likely N-dealkylation sites (tertiary alicyclic amines) is 1. The Kier molecular flexibility index (Phi) is 7.31. The lowest BCUT2D eigenvalue weighted by Crippen LogP contribution is -2.33. The normalized spacial score (nSPS) is 21.2. The van der Waals surface area contributed by atoms with Crippen LogP contribution in [0.2, 0.25) is 0 Å². The minimum atomic E-state index is -0.468. The Hall–Kier alpha value is -3.01. The van der Waals surface area contributed by atoms with Crippen LogP contribution >= 0.6 is 0 Å². The third-order valence-corrected chi connectivity index (χ3v) is 5.67. The molecular formula is C23H29N5O4. The number of nitrogens with zero attached hydrogens (tertiary/aromatic N) is 3. The molecule has 4 rings (SSSR count). The number of phenols is 1. The van der Waals surface area contributed by atoms with Gasteiger partial charge in [0.2, 0.25) is 0 Å². The first kappa shape index (κ1) is 22.2. The number of para-hydroxylation sites is 1. The van der Waals surface area contributed by atoms with Gasteiger partial charge in [0.15, 0.2) is 6.29 Å². The fourth-order valence-electron chi connectivity index (χ4n) is 3.85. The van der Waals surface area contributed by atoms with Gasteiger partial charge in [0, 0.05) is 44.3 Å². The number of nitrogens with one attached hydrogen (secondary N) is 2. The van der Waals surface area contributed by atoms with Gasteiger partial charge in [-0.3, -0.25) is 14.7 Å². The lowest BCUT2D eigenvalue weighted by atomic mass is 10.2.